The summed E-state index contributed by atoms with van der Waals surface area (Å²) in [7, 11) is -3.33. The van der Waals surface area contributed by atoms with Crippen LogP contribution in [0.2, 0.25) is 0 Å². The van der Waals surface area contributed by atoms with Crippen molar-refractivity contribution in [1.82, 2.24) is 15.1 Å². The molecular formula is C11H17N5O3S. The molecule has 0 atom stereocenters. The normalized spacial score (nSPS) is 16.1. The number of nitrogens with zero attached hydrogens (tertiary/aromatic N) is 4. The summed E-state index contributed by atoms with van der Waals surface area (Å²) >= 11 is 0. The SMILES string of the molecule is CCS(=O)(=O)Nc1ccc(N2CCN(C=O)CC2)nn1. The Hall–Kier alpha value is -1.90. The predicted octanol–water partition coefficient (Wildman–Crippen LogP) is -0.483. The molecule has 2 rings (SSSR count). The Morgan fingerprint density at radius 1 is 1.25 bits per heavy atom. The number of carbonyl (C=O) groups excluding carboxylic acids is 1. The van der Waals surface area contributed by atoms with E-state index in [9.17, 15) is 13.2 Å². The number of hydrogen-bond donors (Lipinski definition) is 1. The van der Waals surface area contributed by atoms with Crippen LogP contribution in [0.25, 0.3) is 0 Å². The number of piperazine rings is 1. The molecule has 1 aliphatic heterocycles. The highest BCUT2D eigenvalue weighted by molar-refractivity contribution is 7.92. The molecule has 1 amide bonds. The van der Waals surface area contributed by atoms with Crippen LogP contribution in [0.1, 0.15) is 6.92 Å². The molecule has 8 nitrogen and oxygen atoms in total. The van der Waals surface area contributed by atoms with Crippen LogP contribution in [0.15, 0.2) is 12.1 Å². The van der Waals surface area contributed by atoms with Crippen molar-refractivity contribution < 1.29 is 13.2 Å². The van der Waals surface area contributed by atoms with Crippen LogP contribution < -0.4 is 9.62 Å². The molecule has 0 saturated carbocycles. The number of carbonyl (C=O) groups is 1. The van der Waals surface area contributed by atoms with Gasteiger partial charge in [-0.15, -0.1) is 10.2 Å². The number of anilines is 2. The molecule has 2 heterocycles. The van der Waals surface area contributed by atoms with Gasteiger partial charge in [-0.25, -0.2) is 8.42 Å². The lowest BCUT2D eigenvalue weighted by molar-refractivity contribution is -0.118. The van der Waals surface area contributed by atoms with Crippen molar-refractivity contribution in [2.45, 2.75) is 6.92 Å². The van der Waals surface area contributed by atoms with Crippen molar-refractivity contribution in [2.75, 3.05) is 41.6 Å². The standard InChI is InChI=1S/C11H17N5O3S/c1-2-20(18,19)14-10-3-4-11(13-12-10)16-7-5-15(9-17)6-8-16/h3-4,9H,2,5-8H2,1H3,(H,12,14). The lowest BCUT2D eigenvalue weighted by Gasteiger charge is -2.32. The van der Waals surface area contributed by atoms with Gasteiger partial charge in [-0.3, -0.25) is 9.52 Å². The van der Waals surface area contributed by atoms with Crippen molar-refractivity contribution in [1.29, 1.82) is 0 Å². The topological polar surface area (TPSA) is 95.5 Å². The van der Waals surface area contributed by atoms with Crippen LogP contribution in [0.5, 0.6) is 0 Å². The van der Waals surface area contributed by atoms with Gasteiger partial charge in [-0.1, -0.05) is 0 Å². The molecule has 1 fully saturated rings. The van der Waals surface area contributed by atoms with Crippen molar-refractivity contribution in [3.05, 3.63) is 12.1 Å². The minimum Gasteiger partial charge on any atom is -0.352 e. The third-order valence-corrected chi connectivity index (χ3v) is 4.36. The summed E-state index contributed by atoms with van der Waals surface area (Å²) in [6.45, 7) is 4.22. The zero-order valence-corrected chi connectivity index (χ0v) is 12.0. The van der Waals surface area contributed by atoms with Crippen LogP contribution in [-0.4, -0.2) is 61.9 Å². The van der Waals surface area contributed by atoms with Gasteiger partial charge in [0.2, 0.25) is 16.4 Å². The summed E-state index contributed by atoms with van der Waals surface area (Å²) in [5, 5.41) is 7.87. The first-order chi connectivity index (χ1) is 9.54. The molecule has 110 valence electrons. The highest BCUT2D eigenvalue weighted by atomic mass is 32.2. The van der Waals surface area contributed by atoms with E-state index in [-0.39, 0.29) is 11.6 Å². The summed E-state index contributed by atoms with van der Waals surface area (Å²) in [5.41, 5.74) is 0. The fourth-order valence-corrected chi connectivity index (χ4v) is 2.41. The van der Waals surface area contributed by atoms with Gasteiger partial charge in [-0.2, -0.15) is 0 Å². The highest BCUT2D eigenvalue weighted by Crippen LogP contribution is 2.14. The van der Waals surface area contributed by atoms with Gasteiger partial charge in [0.15, 0.2) is 11.6 Å². The second-order valence-electron chi connectivity index (χ2n) is 4.41. The molecule has 1 saturated heterocycles. The van der Waals surface area contributed by atoms with Crippen molar-refractivity contribution in [3.63, 3.8) is 0 Å². The van der Waals surface area contributed by atoms with Crippen LogP contribution in [0.4, 0.5) is 11.6 Å². The maximum absolute atomic E-state index is 11.4. The second kappa shape index (κ2) is 6.04. The average molecular weight is 299 g/mol. The van der Waals surface area contributed by atoms with E-state index in [1.807, 2.05) is 4.90 Å². The molecule has 20 heavy (non-hydrogen) atoms. The zero-order valence-electron chi connectivity index (χ0n) is 11.2. The predicted molar refractivity (Wildman–Crippen MR) is 75.0 cm³/mol. The molecular weight excluding hydrogens is 282 g/mol. The van der Waals surface area contributed by atoms with E-state index >= 15 is 0 Å². The van der Waals surface area contributed by atoms with E-state index in [0.29, 0.717) is 32.0 Å². The van der Waals surface area contributed by atoms with Crippen LogP contribution in [0, 0.1) is 0 Å². The summed E-state index contributed by atoms with van der Waals surface area (Å²) < 4.78 is 25.1. The monoisotopic (exact) mass is 299 g/mol. The molecule has 0 aromatic carbocycles. The second-order valence-corrected chi connectivity index (χ2v) is 6.42. The van der Waals surface area contributed by atoms with E-state index < -0.39 is 10.0 Å². The molecule has 0 spiro atoms. The first-order valence-corrected chi connectivity index (χ1v) is 7.98. The average Bonchev–Trinajstić information content (AvgIpc) is 2.48. The van der Waals surface area contributed by atoms with Crippen molar-refractivity contribution >= 4 is 28.1 Å². The van der Waals surface area contributed by atoms with E-state index in [2.05, 4.69) is 14.9 Å². The molecule has 0 radical (unpaired) electrons. The van der Waals surface area contributed by atoms with Gasteiger partial charge in [0.05, 0.1) is 5.75 Å². The lowest BCUT2D eigenvalue weighted by Crippen LogP contribution is -2.46. The number of aromatic nitrogens is 2. The minimum absolute atomic E-state index is 0.00983. The molecule has 9 heteroatoms. The lowest BCUT2D eigenvalue weighted by atomic mass is 10.3. The van der Waals surface area contributed by atoms with Gasteiger partial charge in [0.1, 0.15) is 0 Å². The van der Waals surface area contributed by atoms with Crippen molar-refractivity contribution in [2.24, 2.45) is 0 Å². The largest absolute Gasteiger partial charge is 0.352 e. The van der Waals surface area contributed by atoms with Gasteiger partial charge < -0.3 is 9.80 Å². The molecule has 1 N–H and O–H groups in total. The van der Waals surface area contributed by atoms with E-state index in [0.717, 1.165) is 6.41 Å². The summed E-state index contributed by atoms with van der Waals surface area (Å²) in [6, 6.07) is 3.30. The number of rotatable bonds is 5. The summed E-state index contributed by atoms with van der Waals surface area (Å²) in [5.74, 6) is 0.876. The van der Waals surface area contributed by atoms with Gasteiger partial charge in [0, 0.05) is 26.2 Å². The van der Waals surface area contributed by atoms with Crippen LogP contribution in [-0.2, 0) is 14.8 Å². The Morgan fingerprint density at radius 3 is 2.45 bits per heavy atom. The number of amides is 1. The first kappa shape index (κ1) is 14.5. The molecule has 1 aromatic heterocycles. The molecule has 0 aliphatic carbocycles. The number of sulfonamides is 1. The van der Waals surface area contributed by atoms with Crippen LogP contribution in [0.3, 0.4) is 0 Å². The van der Waals surface area contributed by atoms with E-state index in [1.54, 1.807) is 24.0 Å². The Balaban J connectivity index is 2.00. The van der Waals surface area contributed by atoms with Gasteiger partial charge >= 0.3 is 0 Å². The molecule has 1 aliphatic rings. The number of nitrogens with one attached hydrogen (secondary N) is 1. The smallest absolute Gasteiger partial charge is 0.233 e. The first-order valence-electron chi connectivity index (χ1n) is 6.32. The maximum Gasteiger partial charge on any atom is 0.233 e. The summed E-state index contributed by atoms with van der Waals surface area (Å²) in [6.07, 6.45) is 0.839. The third kappa shape index (κ3) is 3.56. The Labute approximate surface area is 117 Å². The highest BCUT2D eigenvalue weighted by Gasteiger charge is 2.17. The summed E-state index contributed by atoms with van der Waals surface area (Å²) in [4.78, 5) is 14.3. The maximum atomic E-state index is 11.4. The minimum atomic E-state index is -3.33. The Morgan fingerprint density at radius 2 is 1.95 bits per heavy atom. The molecule has 0 bridgehead atoms. The van der Waals surface area contributed by atoms with Crippen molar-refractivity contribution in [3.8, 4) is 0 Å². The van der Waals surface area contributed by atoms with E-state index in [1.165, 1.54) is 0 Å². The number of hydrogen-bond acceptors (Lipinski definition) is 6. The fourth-order valence-electron chi connectivity index (χ4n) is 1.84. The molecule has 1 aromatic rings. The fraction of sp³-hybridized carbons (Fsp3) is 0.545. The van der Waals surface area contributed by atoms with Crippen LogP contribution >= 0.6 is 0 Å². The van der Waals surface area contributed by atoms with E-state index in [4.69, 9.17) is 0 Å². The Bertz CT molecular complexity index is 552. The van der Waals surface area contributed by atoms with Gasteiger partial charge in [-0.05, 0) is 19.1 Å². The third-order valence-electron chi connectivity index (χ3n) is 3.08. The molecule has 0 unspecified atom stereocenters. The Kier molecular flexibility index (Phi) is 4.38. The van der Waals surface area contributed by atoms with Gasteiger partial charge in [0.25, 0.3) is 0 Å². The zero-order chi connectivity index (χ0) is 14.6. The quantitative estimate of drug-likeness (QED) is 0.738.